The summed E-state index contributed by atoms with van der Waals surface area (Å²) in [5.74, 6) is 0.132. The number of methoxy groups -OCH3 is 1. The minimum atomic E-state index is -0.365. The lowest BCUT2D eigenvalue weighted by Crippen LogP contribution is -2.28. The Labute approximate surface area is 159 Å². The van der Waals surface area contributed by atoms with Crippen LogP contribution >= 0.6 is 0 Å². The topological polar surface area (TPSA) is 58.6 Å². The molecule has 0 spiro atoms. The average molecular weight is 364 g/mol. The summed E-state index contributed by atoms with van der Waals surface area (Å²) in [6.45, 7) is 2.34. The number of hydrogen-bond donors (Lipinski definition) is 1. The first-order valence-electron chi connectivity index (χ1n) is 9.43. The van der Waals surface area contributed by atoms with Crippen LogP contribution in [0.3, 0.4) is 0 Å². The van der Waals surface area contributed by atoms with Crippen LogP contribution < -0.4 is 15.0 Å². The van der Waals surface area contributed by atoms with Gasteiger partial charge in [0.25, 0.3) is 0 Å². The molecule has 2 aliphatic rings. The van der Waals surface area contributed by atoms with Gasteiger partial charge in [0.05, 0.1) is 18.7 Å². The van der Waals surface area contributed by atoms with Crippen LogP contribution in [0.25, 0.3) is 0 Å². The number of fused-ring (bicyclic) bond motifs is 1. The van der Waals surface area contributed by atoms with Gasteiger partial charge >= 0.3 is 0 Å². The van der Waals surface area contributed by atoms with Crippen molar-refractivity contribution in [3.8, 4) is 5.75 Å². The molecular weight excluding hydrogens is 340 g/mol. The van der Waals surface area contributed by atoms with E-state index in [-0.39, 0.29) is 24.2 Å². The van der Waals surface area contributed by atoms with E-state index in [2.05, 4.69) is 17.4 Å². The van der Waals surface area contributed by atoms with E-state index < -0.39 is 0 Å². The molecule has 2 aromatic rings. The normalized spacial score (nSPS) is 18.5. The lowest BCUT2D eigenvalue weighted by Gasteiger charge is -2.20. The van der Waals surface area contributed by atoms with Crippen LogP contribution in [0.4, 0.5) is 11.4 Å². The fraction of sp³-hybridized carbons (Fsp3) is 0.364. The van der Waals surface area contributed by atoms with Crippen LogP contribution in [0.5, 0.6) is 5.75 Å². The Hall–Kier alpha value is -2.82. The van der Waals surface area contributed by atoms with Crippen LogP contribution in [0, 0.1) is 12.8 Å². The van der Waals surface area contributed by atoms with Crippen molar-refractivity contribution in [3.05, 3.63) is 53.1 Å². The zero-order valence-electron chi connectivity index (χ0n) is 15.7. The van der Waals surface area contributed by atoms with E-state index in [4.69, 9.17) is 4.74 Å². The number of nitrogens with zero attached hydrogens (tertiary/aromatic N) is 1. The van der Waals surface area contributed by atoms with Crippen molar-refractivity contribution >= 4 is 23.2 Å². The molecule has 0 aromatic heterocycles. The van der Waals surface area contributed by atoms with Crippen LogP contribution in [0.15, 0.2) is 36.4 Å². The predicted octanol–water partition coefficient (Wildman–Crippen LogP) is 3.48. The monoisotopic (exact) mass is 364 g/mol. The molecule has 1 unspecified atom stereocenters. The highest BCUT2D eigenvalue weighted by Gasteiger charge is 2.36. The highest BCUT2D eigenvalue weighted by atomic mass is 16.5. The molecule has 1 saturated heterocycles. The molecule has 1 N–H and O–H groups in total. The number of benzene rings is 2. The largest absolute Gasteiger partial charge is 0.495 e. The molecule has 0 radical (unpaired) electrons. The quantitative estimate of drug-likeness (QED) is 0.904. The van der Waals surface area contributed by atoms with Crippen molar-refractivity contribution in [1.82, 2.24) is 0 Å². The third kappa shape index (κ3) is 3.42. The second kappa shape index (κ2) is 7.06. The molecule has 1 heterocycles. The van der Waals surface area contributed by atoms with Crippen molar-refractivity contribution in [2.45, 2.75) is 32.6 Å². The zero-order valence-corrected chi connectivity index (χ0v) is 15.7. The first kappa shape index (κ1) is 17.6. The Morgan fingerprint density at radius 2 is 1.96 bits per heavy atom. The smallest absolute Gasteiger partial charge is 0.229 e. The fourth-order valence-electron chi connectivity index (χ4n) is 4.02. The summed E-state index contributed by atoms with van der Waals surface area (Å²) in [7, 11) is 1.59. The lowest BCUT2D eigenvalue weighted by atomic mass is 10.1. The predicted molar refractivity (Wildman–Crippen MR) is 105 cm³/mol. The number of ether oxygens (including phenoxy) is 1. The zero-order chi connectivity index (χ0) is 19.0. The molecule has 4 rings (SSSR count). The Kier molecular flexibility index (Phi) is 4.60. The SMILES string of the molecule is COc1ccc(C)cc1N1CC(C(=O)Nc2ccc3c(c2)CCC3)CC1=O. The molecular formula is C22H24N2O3. The molecule has 27 heavy (non-hydrogen) atoms. The molecule has 140 valence electrons. The molecule has 0 bridgehead atoms. The third-order valence-corrected chi connectivity index (χ3v) is 5.49. The van der Waals surface area contributed by atoms with Crippen molar-refractivity contribution < 1.29 is 14.3 Å². The second-order valence-electron chi connectivity index (χ2n) is 7.41. The van der Waals surface area contributed by atoms with E-state index in [9.17, 15) is 9.59 Å². The van der Waals surface area contributed by atoms with Crippen LogP contribution in [-0.2, 0) is 22.4 Å². The van der Waals surface area contributed by atoms with E-state index in [1.807, 2.05) is 31.2 Å². The van der Waals surface area contributed by atoms with Crippen molar-refractivity contribution in [3.63, 3.8) is 0 Å². The first-order valence-corrected chi connectivity index (χ1v) is 9.43. The van der Waals surface area contributed by atoms with Crippen molar-refractivity contribution in [2.24, 2.45) is 5.92 Å². The minimum Gasteiger partial charge on any atom is -0.495 e. The summed E-state index contributed by atoms with van der Waals surface area (Å²) in [6.07, 6.45) is 3.58. The van der Waals surface area contributed by atoms with Gasteiger partial charge in [-0.3, -0.25) is 9.59 Å². The maximum absolute atomic E-state index is 12.7. The molecule has 1 atom stereocenters. The summed E-state index contributed by atoms with van der Waals surface area (Å²) >= 11 is 0. The summed E-state index contributed by atoms with van der Waals surface area (Å²) < 4.78 is 5.40. The number of carbonyl (C=O) groups is 2. The maximum atomic E-state index is 12.7. The maximum Gasteiger partial charge on any atom is 0.229 e. The third-order valence-electron chi connectivity index (χ3n) is 5.49. The summed E-state index contributed by atoms with van der Waals surface area (Å²) in [5, 5.41) is 3.00. The van der Waals surface area contributed by atoms with Gasteiger partial charge in [-0.05, 0) is 67.1 Å². The number of nitrogens with one attached hydrogen (secondary N) is 1. The molecule has 5 nitrogen and oxygen atoms in total. The number of rotatable bonds is 4. The Balaban J connectivity index is 1.49. The molecule has 2 aromatic carbocycles. The van der Waals surface area contributed by atoms with Gasteiger partial charge in [0.15, 0.2) is 0 Å². The van der Waals surface area contributed by atoms with E-state index in [0.29, 0.717) is 12.3 Å². The van der Waals surface area contributed by atoms with Gasteiger partial charge in [-0.25, -0.2) is 0 Å². The number of carbonyl (C=O) groups excluding carboxylic acids is 2. The molecule has 5 heteroatoms. The highest BCUT2D eigenvalue weighted by molar-refractivity contribution is 6.04. The summed E-state index contributed by atoms with van der Waals surface area (Å²) in [4.78, 5) is 27.0. The van der Waals surface area contributed by atoms with Crippen molar-refractivity contribution in [1.29, 1.82) is 0 Å². The molecule has 0 saturated carbocycles. The highest BCUT2D eigenvalue weighted by Crippen LogP contribution is 2.34. The van der Waals surface area contributed by atoms with Gasteiger partial charge < -0.3 is 15.0 Å². The summed E-state index contributed by atoms with van der Waals surface area (Å²) in [5.41, 5.74) is 5.29. The number of aryl methyl sites for hydroxylation is 3. The molecule has 1 aliphatic carbocycles. The van der Waals surface area contributed by atoms with Crippen LogP contribution in [0.2, 0.25) is 0 Å². The van der Waals surface area contributed by atoms with Gasteiger partial charge in [-0.1, -0.05) is 12.1 Å². The van der Waals surface area contributed by atoms with E-state index in [1.54, 1.807) is 12.0 Å². The summed E-state index contributed by atoms with van der Waals surface area (Å²) in [6, 6.07) is 11.9. The Bertz CT molecular complexity index is 906. The minimum absolute atomic E-state index is 0.0481. The Morgan fingerprint density at radius 3 is 2.78 bits per heavy atom. The van der Waals surface area contributed by atoms with Crippen molar-refractivity contribution in [2.75, 3.05) is 23.9 Å². The van der Waals surface area contributed by atoms with Crippen LogP contribution in [-0.4, -0.2) is 25.5 Å². The fourth-order valence-corrected chi connectivity index (χ4v) is 4.02. The number of hydrogen-bond acceptors (Lipinski definition) is 3. The second-order valence-corrected chi connectivity index (χ2v) is 7.41. The van der Waals surface area contributed by atoms with Gasteiger partial charge in [0.2, 0.25) is 11.8 Å². The number of anilines is 2. The van der Waals surface area contributed by atoms with Gasteiger partial charge in [0, 0.05) is 18.7 Å². The Morgan fingerprint density at radius 1 is 1.15 bits per heavy atom. The standard InChI is InChI=1S/C22H24N2O3/c1-14-6-9-20(27-2)19(10-14)24-13-17(12-21(24)25)22(26)23-18-8-7-15-4-3-5-16(15)11-18/h6-11,17H,3-5,12-13H2,1-2H3,(H,23,26). The average Bonchev–Trinajstić information content (AvgIpc) is 3.27. The molecule has 1 aliphatic heterocycles. The molecule has 2 amide bonds. The van der Waals surface area contributed by atoms with Gasteiger partial charge in [-0.2, -0.15) is 0 Å². The van der Waals surface area contributed by atoms with E-state index >= 15 is 0 Å². The van der Waals surface area contributed by atoms with E-state index in [1.165, 1.54) is 17.5 Å². The molecule has 1 fully saturated rings. The van der Waals surface area contributed by atoms with E-state index in [0.717, 1.165) is 29.8 Å². The van der Waals surface area contributed by atoms with Crippen LogP contribution in [0.1, 0.15) is 29.5 Å². The first-order chi connectivity index (χ1) is 13.0. The van der Waals surface area contributed by atoms with Gasteiger partial charge in [-0.15, -0.1) is 0 Å². The van der Waals surface area contributed by atoms with Gasteiger partial charge in [0.1, 0.15) is 5.75 Å². The number of amides is 2. The lowest BCUT2D eigenvalue weighted by molar-refractivity contribution is -0.122.